The second-order valence-electron chi connectivity index (χ2n) is 7.94. The summed E-state index contributed by atoms with van der Waals surface area (Å²) in [7, 11) is 1.86. The minimum absolute atomic E-state index is 0.291. The number of hydrogen-bond donors (Lipinski definition) is 2. The summed E-state index contributed by atoms with van der Waals surface area (Å²) in [6, 6.07) is 9.53. The number of aromatic nitrogens is 2. The van der Waals surface area contributed by atoms with Crippen LogP contribution in [0.5, 0.6) is 5.75 Å². The van der Waals surface area contributed by atoms with Gasteiger partial charge < -0.3 is 20.1 Å². The Balaban J connectivity index is 1.40. The number of carbonyl (C=O) groups is 1. The number of ether oxygens (including phenoxy) is 2. The molecule has 0 radical (unpaired) electrons. The molecule has 30 heavy (non-hydrogen) atoms. The molecule has 8 heteroatoms. The first-order valence-electron chi connectivity index (χ1n) is 10.1. The summed E-state index contributed by atoms with van der Waals surface area (Å²) >= 11 is 0. The van der Waals surface area contributed by atoms with Gasteiger partial charge in [0, 0.05) is 43.3 Å². The van der Waals surface area contributed by atoms with Gasteiger partial charge in [0.15, 0.2) is 0 Å². The number of carbonyl (C=O) groups excluding carboxylic acids is 1. The molecular formula is C22H23FN4O3. The van der Waals surface area contributed by atoms with Crippen LogP contribution in [0.2, 0.25) is 0 Å². The van der Waals surface area contributed by atoms with E-state index in [4.69, 9.17) is 9.47 Å². The lowest BCUT2D eigenvalue weighted by Gasteiger charge is -2.44. The van der Waals surface area contributed by atoms with Crippen molar-refractivity contribution in [2.75, 3.05) is 18.5 Å². The average Bonchev–Trinajstić information content (AvgIpc) is 3.10. The number of amides is 2. The first kappa shape index (κ1) is 18.9. The standard InChI is InChI=1S/C22H23FN4O3/c1-27-19-4-2-3-17(16(19)13-24-27)25-21(28)26-18-12-22(7-9-29-10-8-22)30-20-11-14(23)5-6-15(18)20/h2-6,11,13,18H,7-10,12H2,1H3,(H2,25,26,28). The molecule has 0 saturated carbocycles. The highest BCUT2D eigenvalue weighted by Crippen LogP contribution is 2.44. The van der Waals surface area contributed by atoms with Crippen LogP contribution in [-0.2, 0) is 11.8 Å². The molecule has 3 aromatic rings. The molecule has 1 atom stereocenters. The van der Waals surface area contributed by atoms with Crippen LogP contribution < -0.4 is 15.4 Å². The van der Waals surface area contributed by atoms with Gasteiger partial charge in [0.2, 0.25) is 0 Å². The summed E-state index contributed by atoms with van der Waals surface area (Å²) in [5.74, 6) is 0.132. The van der Waals surface area contributed by atoms with Crippen LogP contribution in [0.25, 0.3) is 10.9 Å². The van der Waals surface area contributed by atoms with E-state index in [9.17, 15) is 9.18 Å². The number of fused-ring (bicyclic) bond motifs is 2. The zero-order chi connectivity index (χ0) is 20.7. The van der Waals surface area contributed by atoms with E-state index in [0.717, 1.165) is 16.5 Å². The van der Waals surface area contributed by atoms with Crippen molar-refractivity contribution < 1.29 is 18.7 Å². The van der Waals surface area contributed by atoms with Crippen molar-refractivity contribution in [3.63, 3.8) is 0 Å². The summed E-state index contributed by atoms with van der Waals surface area (Å²) in [6.45, 7) is 1.18. The predicted octanol–water partition coefficient (Wildman–Crippen LogP) is 3.91. The van der Waals surface area contributed by atoms with Crippen molar-refractivity contribution >= 4 is 22.6 Å². The SMILES string of the molecule is Cn1ncc2c(NC(=O)NC3CC4(CCOCC4)Oc4cc(F)ccc43)cccc21. The van der Waals surface area contributed by atoms with Crippen molar-refractivity contribution in [1.82, 2.24) is 15.1 Å². The average molecular weight is 410 g/mol. The number of aryl methyl sites for hydroxylation is 1. The lowest BCUT2D eigenvalue weighted by atomic mass is 9.82. The Labute approximate surface area is 173 Å². The van der Waals surface area contributed by atoms with Crippen molar-refractivity contribution in [2.24, 2.45) is 7.05 Å². The lowest BCUT2D eigenvalue weighted by Crippen LogP contribution is -2.49. The normalized spacial score (nSPS) is 19.9. The molecule has 2 aromatic carbocycles. The molecule has 0 bridgehead atoms. The smallest absolute Gasteiger partial charge is 0.319 e. The molecular weight excluding hydrogens is 387 g/mol. The number of anilines is 1. The van der Waals surface area contributed by atoms with E-state index < -0.39 is 5.60 Å². The third-order valence-corrected chi connectivity index (χ3v) is 6.00. The minimum Gasteiger partial charge on any atom is -0.487 e. The molecule has 2 aliphatic rings. The van der Waals surface area contributed by atoms with Crippen LogP contribution >= 0.6 is 0 Å². The Hall–Kier alpha value is -3.13. The maximum Gasteiger partial charge on any atom is 0.319 e. The third-order valence-electron chi connectivity index (χ3n) is 6.00. The molecule has 7 nitrogen and oxygen atoms in total. The van der Waals surface area contributed by atoms with Gasteiger partial charge in [0.25, 0.3) is 0 Å². The Morgan fingerprint density at radius 2 is 2.10 bits per heavy atom. The molecule has 1 spiro atoms. The van der Waals surface area contributed by atoms with Crippen LogP contribution in [-0.4, -0.2) is 34.6 Å². The fourth-order valence-corrected chi connectivity index (χ4v) is 4.42. The van der Waals surface area contributed by atoms with Gasteiger partial charge in [-0.15, -0.1) is 0 Å². The van der Waals surface area contributed by atoms with Crippen molar-refractivity contribution in [3.8, 4) is 5.75 Å². The van der Waals surface area contributed by atoms with Crippen LogP contribution in [0.4, 0.5) is 14.9 Å². The zero-order valence-corrected chi connectivity index (χ0v) is 16.7. The number of urea groups is 1. The molecule has 1 unspecified atom stereocenters. The van der Waals surface area contributed by atoms with Gasteiger partial charge in [-0.3, -0.25) is 4.68 Å². The molecule has 0 aliphatic carbocycles. The highest BCUT2D eigenvalue weighted by molar-refractivity contribution is 6.00. The summed E-state index contributed by atoms with van der Waals surface area (Å²) < 4.78 is 27.3. The Morgan fingerprint density at radius 1 is 1.27 bits per heavy atom. The number of rotatable bonds is 2. The number of halogens is 1. The quantitative estimate of drug-likeness (QED) is 0.672. The minimum atomic E-state index is -0.458. The van der Waals surface area contributed by atoms with Crippen LogP contribution in [0.3, 0.4) is 0 Å². The summed E-state index contributed by atoms with van der Waals surface area (Å²) in [6.07, 6.45) is 3.75. The highest BCUT2D eigenvalue weighted by atomic mass is 19.1. The van der Waals surface area contributed by atoms with Crippen LogP contribution in [0.15, 0.2) is 42.6 Å². The van der Waals surface area contributed by atoms with E-state index in [1.54, 1.807) is 16.9 Å². The predicted molar refractivity (Wildman–Crippen MR) is 110 cm³/mol. The van der Waals surface area contributed by atoms with Gasteiger partial charge in [-0.2, -0.15) is 5.10 Å². The zero-order valence-electron chi connectivity index (χ0n) is 16.7. The van der Waals surface area contributed by atoms with Crippen LogP contribution in [0.1, 0.15) is 30.9 Å². The second-order valence-corrected chi connectivity index (χ2v) is 7.94. The van der Waals surface area contributed by atoms with E-state index in [2.05, 4.69) is 15.7 Å². The molecule has 3 heterocycles. The molecule has 2 N–H and O–H groups in total. The fourth-order valence-electron chi connectivity index (χ4n) is 4.42. The van der Waals surface area contributed by atoms with Gasteiger partial charge in [0.1, 0.15) is 17.2 Å². The molecule has 1 aromatic heterocycles. The van der Waals surface area contributed by atoms with Gasteiger partial charge in [-0.1, -0.05) is 12.1 Å². The molecule has 2 aliphatic heterocycles. The lowest BCUT2D eigenvalue weighted by molar-refractivity contribution is -0.0637. The van der Waals surface area contributed by atoms with Crippen molar-refractivity contribution in [1.29, 1.82) is 0 Å². The maximum atomic E-state index is 13.9. The maximum absolute atomic E-state index is 13.9. The van der Waals surface area contributed by atoms with Gasteiger partial charge in [-0.05, 0) is 18.2 Å². The number of benzene rings is 2. The largest absolute Gasteiger partial charge is 0.487 e. The molecule has 2 amide bonds. The monoisotopic (exact) mass is 410 g/mol. The molecule has 1 saturated heterocycles. The molecule has 1 fully saturated rings. The van der Waals surface area contributed by atoms with Crippen LogP contribution in [0, 0.1) is 5.82 Å². The second kappa shape index (κ2) is 7.28. The van der Waals surface area contributed by atoms with E-state index >= 15 is 0 Å². The number of nitrogens with one attached hydrogen (secondary N) is 2. The van der Waals surface area contributed by atoms with Gasteiger partial charge in [0.05, 0.1) is 36.7 Å². The fraction of sp³-hybridized carbons (Fsp3) is 0.364. The van der Waals surface area contributed by atoms with Crippen molar-refractivity contribution in [3.05, 3.63) is 54.0 Å². The number of nitrogens with zero attached hydrogens (tertiary/aromatic N) is 2. The Morgan fingerprint density at radius 3 is 2.93 bits per heavy atom. The van der Waals surface area contributed by atoms with Gasteiger partial charge >= 0.3 is 6.03 Å². The van der Waals surface area contributed by atoms with Gasteiger partial charge in [-0.25, -0.2) is 9.18 Å². The topological polar surface area (TPSA) is 77.4 Å². The highest BCUT2D eigenvalue weighted by Gasteiger charge is 2.43. The van der Waals surface area contributed by atoms with E-state index in [-0.39, 0.29) is 17.9 Å². The first-order valence-corrected chi connectivity index (χ1v) is 10.1. The number of hydrogen-bond acceptors (Lipinski definition) is 4. The summed E-state index contributed by atoms with van der Waals surface area (Å²) in [5.41, 5.74) is 1.94. The molecule has 156 valence electrons. The summed E-state index contributed by atoms with van der Waals surface area (Å²) in [4.78, 5) is 12.9. The van der Waals surface area contributed by atoms with E-state index in [1.807, 2.05) is 25.2 Å². The summed E-state index contributed by atoms with van der Waals surface area (Å²) in [5, 5.41) is 11.1. The molecule has 5 rings (SSSR count). The van der Waals surface area contributed by atoms with Crippen molar-refractivity contribution in [2.45, 2.75) is 30.9 Å². The van der Waals surface area contributed by atoms with E-state index in [0.29, 0.717) is 43.9 Å². The Kier molecular flexibility index (Phi) is 4.58. The Bertz CT molecular complexity index is 1110. The first-order chi connectivity index (χ1) is 14.5. The third kappa shape index (κ3) is 3.37. The van der Waals surface area contributed by atoms with E-state index in [1.165, 1.54) is 12.1 Å².